The van der Waals surface area contributed by atoms with E-state index in [0.717, 1.165) is 5.75 Å². The van der Waals surface area contributed by atoms with E-state index in [1.54, 1.807) is 11.8 Å². The molecule has 1 N–H and O–H groups in total. The zero-order valence-corrected chi connectivity index (χ0v) is 10.4. The summed E-state index contributed by atoms with van der Waals surface area (Å²) in [5.41, 5.74) is 0.0664. The van der Waals surface area contributed by atoms with Gasteiger partial charge >= 0.3 is 6.18 Å². The smallest absolute Gasteiger partial charge is 0.307 e. The van der Waals surface area contributed by atoms with Crippen LogP contribution in [0.1, 0.15) is 33.1 Å². The highest BCUT2D eigenvalue weighted by Crippen LogP contribution is 2.43. The van der Waals surface area contributed by atoms with E-state index in [1.165, 1.54) is 0 Å². The second-order valence-electron chi connectivity index (χ2n) is 5.54. The Hall–Kier alpha value is 0.1000. The molecule has 1 aliphatic heterocycles. The first-order valence-electron chi connectivity index (χ1n) is 5.74. The predicted octanol–water partition coefficient (Wildman–Crippen LogP) is 3.20. The van der Waals surface area contributed by atoms with E-state index in [2.05, 4.69) is 19.2 Å². The summed E-state index contributed by atoms with van der Waals surface area (Å²) < 4.78 is 37.9. The van der Waals surface area contributed by atoms with Gasteiger partial charge in [0.15, 0.2) is 0 Å². The largest absolute Gasteiger partial charge is 0.391 e. The molecule has 0 bridgehead atoms. The van der Waals surface area contributed by atoms with Crippen LogP contribution in [0.25, 0.3) is 0 Å². The standard InChI is InChI=1S/C11H18F3NS/c1-10(2)6-16-9-5-7(11(12,13)14)3-4-8(9)15-10/h7-9,15H,3-6H2,1-2H3. The van der Waals surface area contributed by atoms with Crippen LogP contribution in [-0.4, -0.2) is 28.8 Å². The molecular weight excluding hydrogens is 235 g/mol. The summed E-state index contributed by atoms with van der Waals surface area (Å²) >= 11 is 1.71. The van der Waals surface area contributed by atoms with E-state index in [-0.39, 0.29) is 23.3 Å². The van der Waals surface area contributed by atoms with E-state index in [1.807, 2.05) is 0 Å². The summed E-state index contributed by atoms with van der Waals surface area (Å²) in [6, 6.07) is 0.271. The van der Waals surface area contributed by atoms with Crippen molar-refractivity contribution in [2.75, 3.05) is 5.75 Å². The first-order chi connectivity index (χ1) is 7.28. The van der Waals surface area contributed by atoms with Crippen LogP contribution >= 0.6 is 11.8 Å². The van der Waals surface area contributed by atoms with Gasteiger partial charge in [-0.05, 0) is 33.1 Å². The monoisotopic (exact) mass is 253 g/mol. The Morgan fingerprint density at radius 2 is 1.94 bits per heavy atom. The second-order valence-corrected chi connectivity index (χ2v) is 6.76. The molecule has 1 heterocycles. The van der Waals surface area contributed by atoms with Crippen LogP contribution in [0.3, 0.4) is 0 Å². The third kappa shape index (κ3) is 2.67. The summed E-state index contributed by atoms with van der Waals surface area (Å²) in [5.74, 6) is -0.178. The molecule has 2 aliphatic rings. The van der Waals surface area contributed by atoms with E-state index >= 15 is 0 Å². The van der Waals surface area contributed by atoms with Gasteiger partial charge in [0.2, 0.25) is 0 Å². The number of thioether (sulfide) groups is 1. The summed E-state index contributed by atoms with van der Waals surface area (Å²) in [7, 11) is 0. The van der Waals surface area contributed by atoms with Crippen molar-refractivity contribution in [3.63, 3.8) is 0 Å². The average molecular weight is 253 g/mol. The Morgan fingerprint density at radius 1 is 1.25 bits per heavy atom. The van der Waals surface area contributed by atoms with Gasteiger partial charge in [0.05, 0.1) is 5.92 Å². The lowest BCUT2D eigenvalue weighted by Gasteiger charge is -2.46. The molecule has 0 aromatic heterocycles. The van der Waals surface area contributed by atoms with Crippen molar-refractivity contribution in [3.05, 3.63) is 0 Å². The van der Waals surface area contributed by atoms with Crippen molar-refractivity contribution >= 4 is 11.8 Å². The first kappa shape index (κ1) is 12.6. The van der Waals surface area contributed by atoms with Gasteiger partial charge in [0.25, 0.3) is 0 Å². The molecule has 0 aromatic rings. The predicted molar refractivity (Wildman–Crippen MR) is 60.6 cm³/mol. The topological polar surface area (TPSA) is 12.0 Å². The zero-order valence-electron chi connectivity index (χ0n) is 9.60. The Bertz CT molecular complexity index is 264. The minimum absolute atomic E-state index is 0.0664. The van der Waals surface area contributed by atoms with Gasteiger partial charge in [-0.1, -0.05) is 0 Å². The normalized spacial score (nSPS) is 39.2. The molecule has 2 fully saturated rings. The molecule has 5 heteroatoms. The van der Waals surface area contributed by atoms with Crippen molar-refractivity contribution in [3.8, 4) is 0 Å². The fraction of sp³-hybridized carbons (Fsp3) is 1.00. The number of halogens is 3. The molecule has 0 radical (unpaired) electrons. The van der Waals surface area contributed by atoms with Gasteiger partial charge in [-0.2, -0.15) is 24.9 Å². The fourth-order valence-electron chi connectivity index (χ4n) is 2.63. The molecule has 0 spiro atoms. The number of fused-ring (bicyclic) bond motifs is 1. The Labute approximate surface area is 98.5 Å². The van der Waals surface area contributed by atoms with Gasteiger partial charge in [-0.15, -0.1) is 0 Å². The lowest BCUT2D eigenvalue weighted by atomic mass is 9.84. The third-order valence-corrected chi connectivity index (χ3v) is 5.33. The van der Waals surface area contributed by atoms with E-state index in [0.29, 0.717) is 12.8 Å². The van der Waals surface area contributed by atoms with Crippen LogP contribution in [0, 0.1) is 5.92 Å². The molecule has 16 heavy (non-hydrogen) atoms. The molecule has 0 amide bonds. The molecule has 1 aliphatic carbocycles. The highest BCUT2D eigenvalue weighted by atomic mass is 32.2. The van der Waals surface area contributed by atoms with Crippen molar-refractivity contribution < 1.29 is 13.2 Å². The van der Waals surface area contributed by atoms with E-state index in [4.69, 9.17) is 0 Å². The Morgan fingerprint density at radius 3 is 2.56 bits per heavy atom. The van der Waals surface area contributed by atoms with Crippen molar-refractivity contribution in [1.29, 1.82) is 0 Å². The molecule has 94 valence electrons. The number of alkyl halides is 3. The van der Waals surface area contributed by atoms with E-state index < -0.39 is 12.1 Å². The number of nitrogens with one attached hydrogen (secondary N) is 1. The van der Waals surface area contributed by atoms with Gasteiger partial charge in [0, 0.05) is 22.6 Å². The van der Waals surface area contributed by atoms with Crippen molar-refractivity contribution in [1.82, 2.24) is 5.32 Å². The first-order valence-corrected chi connectivity index (χ1v) is 6.79. The van der Waals surface area contributed by atoms with Gasteiger partial charge in [-0.3, -0.25) is 0 Å². The van der Waals surface area contributed by atoms with Gasteiger partial charge in [0.1, 0.15) is 0 Å². The fourth-order valence-corrected chi connectivity index (χ4v) is 4.15. The average Bonchev–Trinajstić information content (AvgIpc) is 2.14. The molecule has 3 atom stereocenters. The van der Waals surface area contributed by atoms with Crippen LogP contribution in [-0.2, 0) is 0 Å². The summed E-state index contributed by atoms with van der Waals surface area (Å²) in [4.78, 5) is 0. The van der Waals surface area contributed by atoms with Crippen LogP contribution in [0.15, 0.2) is 0 Å². The number of rotatable bonds is 0. The maximum Gasteiger partial charge on any atom is 0.391 e. The lowest BCUT2D eigenvalue weighted by molar-refractivity contribution is -0.182. The molecule has 1 nitrogen and oxygen atoms in total. The molecule has 1 saturated heterocycles. The molecule has 0 aromatic carbocycles. The Kier molecular flexibility index (Phi) is 3.21. The molecule has 3 unspecified atom stereocenters. The minimum atomic E-state index is -4.00. The van der Waals surface area contributed by atoms with E-state index in [9.17, 15) is 13.2 Å². The van der Waals surface area contributed by atoms with Gasteiger partial charge in [-0.25, -0.2) is 0 Å². The number of hydrogen-bond acceptors (Lipinski definition) is 2. The van der Waals surface area contributed by atoms with Gasteiger partial charge < -0.3 is 5.32 Å². The minimum Gasteiger partial charge on any atom is -0.307 e. The maximum atomic E-state index is 12.6. The van der Waals surface area contributed by atoms with Crippen LogP contribution in [0.4, 0.5) is 13.2 Å². The zero-order chi connectivity index (χ0) is 12.0. The van der Waals surface area contributed by atoms with Crippen LogP contribution in [0.2, 0.25) is 0 Å². The third-order valence-electron chi connectivity index (χ3n) is 3.49. The SMILES string of the molecule is CC1(C)CSC2CC(C(F)(F)F)CCC2N1. The highest BCUT2D eigenvalue weighted by molar-refractivity contribution is 8.00. The highest BCUT2D eigenvalue weighted by Gasteiger charge is 2.47. The summed E-state index contributed by atoms with van der Waals surface area (Å²) in [6.45, 7) is 4.23. The molecule has 1 saturated carbocycles. The van der Waals surface area contributed by atoms with Crippen LogP contribution < -0.4 is 5.32 Å². The summed E-state index contributed by atoms with van der Waals surface area (Å²) in [5, 5.41) is 3.63. The van der Waals surface area contributed by atoms with Crippen molar-refractivity contribution in [2.45, 2.75) is 56.1 Å². The summed E-state index contributed by atoms with van der Waals surface area (Å²) in [6.07, 6.45) is -2.76. The number of hydrogen-bond donors (Lipinski definition) is 1. The molecule has 2 rings (SSSR count). The molecular formula is C11H18F3NS. The Balaban J connectivity index is 1.98. The van der Waals surface area contributed by atoms with Crippen molar-refractivity contribution in [2.24, 2.45) is 5.92 Å². The maximum absolute atomic E-state index is 12.6. The van der Waals surface area contributed by atoms with Crippen LogP contribution in [0.5, 0.6) is 0 Å². The second kappa shape index (κ2) is 4.09. The quantitative estimate of drug-likeness (QED) is 0.711. The lowest BCUT2D eigenvalue weighted by Crippen LogP contribution is -2.58.